The van der Waals surface area contributed by atoms with E-state index in [1.54, 1.807) is 18.2 Å². The number of rotatable bonds is 3. The van der Waals surface area contributed by atoms with E-state index in [9.17, 15) is 22.8 Å². The number of alkyl halides is 2. The first-order valence-electron chi connectivity index (χ1n) is 9.73. The highest BCUT2D eigenvalue weighted by Gasteiger charge is 2.57. The summed E-state index contributed by atoms with van der Waals surface area (Å²) >= 11 is 0. The first kappa shape index (κ1) is 20.3. The number of aromatic nitrogens is 1. The van der Waals surface area contributed by atoms with E-state index in [0.29, 0.717) is 5.69 Å². The Morgan fingerprint density at radius 3 is 2.77 bits per heavy atom. The number of hydrogen-bond donors (Lipinski definition) is 0. The van der Waals surface area contributed by atoms with Gasteiger partial charge in [-0.3, -0.25) is 14.6 Å². The Kier molecular flexibility index (Phi) is 5.17. The van der Waals surface area contributed by atoms with Gasteiger partial charge in [-0.25, -0.2) is 18.2 Å². The minimum atomic E-state index is -3.06. The summed E-state index contributed by atoms with van der Waals surface area (Å²) in [7, 11) is 0. The summed E-state index contributed by atoms with van der Waals surface area (Å²) in [5, 5.41) is 0. The summed E-state index contributed by atoms with van der Waals surface area (Å²) in [4.78, 5) is 34.4. The summed E-state index contributed by atoms with van der Waals surface area (Å²) in [6.07, 6.45) is 2.07. The van der Waals surface area contributed by atoms with Crippen molar-refractivity contribution in [3.8, 4) is 0 Å². The molecule has 5 nitrogen and oxygen atoms in total. The third kappa shape index (κ3) is 3.99. The molecule has 1 spiro atoms. The van der Waals surface area contributed by atoms with E-state index in [0.717, 1.165) is 0 Å². The zero-order chi connectivity index (χ0) is 21.4. The quantitative estimate of drug-likeness (QED) is 0.703. The van der Waals surface area contributed by atoms with Gasteiger partial charge in [0.15, 0.2) is 0 Å². The van der Waals surface area contributed by atoms with Crippen LogP contribution >= 0.6 is 0 Å². The van der Waals surface area contributed by atoms with Crippen molar-refractivity contribution < 1.29 is 22.8 Å². The van der Waals surface area contributed by atoms with Crippen LogP contribution in [0, 0.1) is 17.2 Å². The van der Waals surface area contributed by atoms with Crippen LogP contribution in [0.25, 0.3) is 0 Å². The molecular formula is C22H20F3N3O2. The van der Waals surface area contributed by atoms with Gasteiger partial charge in [0.2, 0.25) is 11.8 Å². The minimum absolute atomic E-state index is 0.125. The first-order valence-corrected chi connectivity index (χ1v) is 9.73. The van der Waals surface area contributed by atoms with Gasteiger partial charge in [0, 0.05) is 43.4 Å². The minimum Gasteiger partial charge on any atom is -0.312 e. The molecule has 2 atom stereocenters. The maximum absolute atomic E-state index is 14.6. The molecule has 1 unspecified atom stereocenters. The molecule has 1 aromatic carbocycles. The second kappa shape index (κ2) is 7.66. The van der Waals surface area contributed by atoms with Crippen LogP contribution in [0.2, 0.25) is 0 Å². The topological polar surface area (TPSA) is 62.6 Å². The van der Waals surface area contributed by atoms with Crippen LogP contribution in [0.1, 0.15) is 36.2 Å². The smallest absolute Gasteiger partial charge is 0.295 e. The summed E-state index contributed by atoms with van der Waals surface area (Å²) in [5.41, 5.74) is -0.764. The highest BCUT2D eigenvalue weighted by Crippen LogP contribution is 2.52. The molecule has 0 bridgehead atoms. The number of amides is 2. The Hall–Kier alpha value is -3.03. The van der Waals surface area contributed by atoms with Crippen molar-refractivity contribution in [3.63, 3.8) is 0 Å². The van der Waals surface area contributed by atoms with E-state index in [1.807, 2.05) is 0 Å². The Morgan fingerprint density at radius 2 is 2.03 bits per heavy atom. The number of anilines is 1. The van der Waals surface area contributed by atoms with Gasteiger partial charge in [0.1, 0.15) is 11.5 Å². The highest BCUT2D eigenvalue weighted by atomic mass is 19.3. The molecule has 2 fully saturated rings. The molecule has 1 aliphatic heterocycles. The van der Waals surface area contributed by atoms with Crippen LogP contribution in [-0.2, 0) is 4.79 Å². The van der Waals surface area contributed by atoms with Crippen LogP contribution in [0.15, 0.2) is 53.7 Å². The predicted molar refractivity (Wildman–Crippen MR) is 105 cm³/mol. The van der Waals surface area contributed by atoms with Crippen molar-refractivity contribution in [3.05, 3.63) is 60.2 Å². The lowest BCUT2D eigenvalue weighted by atomic mass is 9.67. The zero-order valence-electron chi connectivity index (χ0n) is 16.1. The van der Waals surface area contributed by atoms with E-state index < -0.39 is 47.7 Å². The van der Waals surface area contributed by atoms with Crippen LogP contribution in [-0.4, -0.2) is 35.5 Å². The number of halogens is 3. The van der Waals surface area contributed by atoms with Crippen LogP contribution in [0.4, 0.5) is 18.9 Å². The van der Waals surface area contributed by atoms with Crippen molar-refractivity contribution >= 4 is 23.7 Å². The number of aliphatic imine (C=N–C) groups is 1. The summed E-state index contributed by atoms with van der Waals surface area (Å²) in [6, 6.07) is 10.3. The molecule has 8 heteroatoms. The monoisotopic (exact) mass is 415 g/mol. The summed E-state index contributed by atoms with van der Waals surface area (Å²) < 4.78 is 42.7. The fourth-order valence-electron chi connectivity index (χ4n) is 4.50. The number of pyridine rings is 1. The molecule has 1 aliphatic carbocycles. The predicted octanol–water partition coefficient (Wildman–Crippen LogP) is 4.29. The van der Waals surface area contributed by atoms with Gasteiger partial charge in [-0.15, -0.1) is 0 Å². The largest absolute Gasteiger partial charge is 0.312 e. The Labute approximate surface area is 171 Å². The molecule has 1 aromatic heterocycles. The van der Waals surface area contributed by atoms with Gasteiger partial charge in [-0.1, -0.05) is 12.1 Å². The summed E-state index contributed by atoms with van der Waals surface area (Å²) in [6.45, 7) is 0.245. The van der Waals surface area contributed by atoms with Crippen molar-refractivity contribution in [1.82, 2.24) is 4.98 Å². The van der Waals surface area contributed by atoms with Crippen molar-refractivity contribution in [1.29, 1.82) is 0 Å². The lowest BCUT2D eigenvalue weighted by Crippen LogP contribution is -2.45. The Bertz CT molecular complexity index is 996. The molecule has 0 radical (unpaired) electrons. The average Bonchev–Trinajstić information content (AvgIpc) is 3.00. The molecule has 0 N–H and O–H groups in total. The van der Waals surface area contributed by atoms with Gasteiger partial charge < -0.3 is 4.90 Å². The standard InChI is InChI=1S/C22H20F3N3O2/c23-16-4-3-5-17(10-16)28-9-7-21(20(28)30)11-15(12-22(24,25)14-21)13-27-19(29)18-6-1-2-8-26-18/h1-6,8,10,13,15H,7,9,11-12,14H2/t15?,21-/m0/s1. The van der Waals surface area contributed by atoms with Crippen LogP contribution in [0.3, 0.4) is 0 Å². The molecule has 2 aromatic rings. The molecule has 2 amide bonds. The lowest BCUT2D eigenvalue weighted by molar-refractivity contribution is -0.140. The van der Waals surface area contributed by atoms with Crippen molar-refractivity contribution in [2.24, 2.45) is 16.3 Å². The SMILES string of the molecule is O=C(N=CC1CC(F)(F)C[C@]2(CCN(c3cccc(F)c3)C2=O)C1)c1ccccn1. The van der Waals surface area contributed by atoms with E-state index in [4.69, 9.17) is 0 Å². The first-order chi connectivity index (χ1) is 14.3. The number of carbonyl (C=O) groups is 2. The normalized spacial score (nSPS) is 25.9. The zero-order valence-corrected chi connectivity index (χ0v) is 16.1. The van der Waals surface area contributed by atoms with E-state index >= 15 is 0 Å². The molecule has 30 heavy (non-hydrogen) atoms. The van der Waals surface area contributed by atoms with E-state index in [1.165, 1.54) is 41.6 Å². The van der Waals surface area contributed by atoms with Crippen molar-refractivity contribution in [2.75, 3.05) is 11.4 Å². The van der Waals surface area contributed by atoms with Gasteiger partial charge in [0.05, 0.1) is 5.41 Å². The van der Waals surface area contributed by atoms with Crippen molar-refractivity contribution in [2.45, 2.75) is 31.6 Å². The van der Waals surface area contributed by atoms with Gasteiger partial charge in [-0.2, -0.15) is 0 Å². The molecule has 1 saturated heterocycles. The van der Waals surface area contributed by atoms with Crippen LogP contribution < -0.4 is 4.90 Å². The average molecular weight is 415 g/mol. The lowest BCUT2D eigenvalue weighted by Gasteiger charge is -2.39. The Balaban J connectivity index is 1.55. The Morgan fingerprint density at radius 1 is 1.20 bits per heavy atom. The molecular weight excluding hydrogens is 395 g/mol. The highest BCUT2D eigenvalue weighted by molar-refractivity contribution is 6.01. The third-order valence-electron chi connectivity index (χ3n) is 5.73. The van der Waals surface area contributed by atoms with E-state index in [2.05, 4.69) is 9.98 Å². The molecule has 2 heterocycles. The second-order valence-corrected chi connectivity index (χ2v) is 7.97. The van der Waals surface area contributed by atoms with E-state index in [-0.39, 0.29) is 25.1 Å². The van der Waals surface area contributed by atoms with Gasteiger partial charge in [-0.05, 0) is 43.2 Å². The number of benzene rings is 1. The number of nitrogens with zero attached hydrogens (tertiary/aromatic N) is 3. The molecule has 4 rings (SSSR count). The second-order valence-electron chi connectivity index (χ2n) is 7.97. The van der Waals surface area contributed by atoms with Gasteiger partial charge >= 0.3 is 0 Å². The fourth-order valence-corrected chi connectivity index (χ4v) is 4.50. The molecule has 156 valence electrons. The molecule has 2 aliphatic rings. The number of hydrogen-bond acceptors (Lipinski definition) is 3. The maximum Gasteiger partial charge on any atom is 0.295 e. The summed E-state index contributed by atoms with van der Waals surface area (Å²) in [5.74, 6) is -5.32. The van der Waals surface area contributed by atoms with Crippen LogP contribution in [0.5, 0.6) is 0 Å². The molecule has 1 saturated carbocycles. The van der Waals surface area contributed by atoms with Gasteiger partial charge in [0.25, 0.3) is 5.91 Å². The third-order valence-corrected chi connectivity index (χ3v) is 5.73. The number of carbonyl (C=O) groups excluding carboxylic acids is 2. The fraction of sp³-hybridized carbons (Fsp3) is 0.364. The maximum atomic E-state index is 14.6.